The first-order valence-corrected chi connectivity index (χ1v) is 5.62. The van der Waals surface area contributed by atoms with Gasteiger partial charge in [-0.2, -0.15) is 13.2 Å². The quantitative estimate of drug-likeness (QED) is 0.831. The number of amides is 1. The molecule has 1 aromatic heterocycles. The zero-order valence-corrected chi connectivity index (χ0v) is 10.3. The molecular formula is C10H12F3NO2S. The van der Waals surface area contributed by atoms with E-state index in [1.54, 1.807) is 20.8 Å². The molecule has 3 nitrogen and oxygen atoms in total. The van der Waals surface area contributed by atoms with Gasteiger partial charge in [0.1, 0.15) is 10.5 Å². The molecular weight excluding hydrogens is 255 g/mol. The van der Waals surface area contributed by atoms with E-state index in [2.05, 4.69) is 5.32 Å². The van der Waals surface area contributed by atoms with Crippen molar-refractivity contribution in [2.24, 2.45) is 0 Å². The van der Waals surface area contributed by atoms with Gasteiger partial charge in [-0.3, -0.25) is 5.32 Å². The van der Waals surface area contributed by atoms with Gasteiger partial charge in [-0.25, -0.2) is 4.79 Å². The topological polar surface area (TPSA) is 38.3 Å². The summed E-state index contributed by atoms with van der Waals surface area (Å²) in [7, 11) is 0. The highest BCUT2D eigenvalue weighted by atomic mass is 32.1. The maximum absolute atomic E-state index is 12.5. The fraction of sp³-hybridized carbons (Fsp3) is 0.500. The molecule has 1 amide bonds. The van der Waals surface area contributed by atoms with Gasteiger partial charge in [-0.15, -0.1) is 11.3 Å². The van der Waals surface area contributed by atoms with Crippen molar-refractivity contribution in [1.29, 1.82) is 0 Å². The molecule has 0 unspecified atom stereocenters. The van der Waals surface area contributed by atoms with Gasteiger partial charge >= 0.3 is 12.3 Å². The fourth-order valence-electron chi connectivity index (χ4n) is 1.04. The van der Waals surface area contributed by atoms with E-state index in [0.717, 1.165) is 0 Å². The highest BCUT2D eigenvalue weighted by Gasteiger charge is 2.35. The number of anilines is 1. The third-order valence-electron chi connectivity index (χ3n) is 1.56. The van der Waals surface area contributed by atoms with E-state index in [1.165, 1.54) is 11.4 Å². The second kappa shape index (κ2) is 4.56. The standard InChI is InChI=1S/C10H12F3NO2S/c1-9(2,3)16-8(15)14-6-4-5-17-7(6)10(11,12)13/h4-5H,1-3H3,(H,14,15). The molecule has 0 radical (unpaired) electrons. The SMILES string of the molecule is CC(C)(C)OC(=O)Nc1ccsc1C(F)(F)F. The minimum absolute atomic E-state index is 0.281. The number of carbonyl (C=O) groups excluding carboxylic acids is 1. The molecule has 1 heterocycles. The molecule has 0 aliphatic carbocycles. The normalized spacial score (nSPS) is 12.4. The summed E-state index contributed by atoms with van der Waals surface area (Å²) < 4.78 is 42.3. The molecule has 0 saturated carbocycles. The third kappa shape index (κ3) is 4.26. The van der Waals surface area contributed by atoms with Crippen molar-refractivity contribution >= 4 is 23.1 Å². The second-order valence-electron chi connectivity index (χ2n) is 4.29. The van der Waals surface area contributed by atoms with Crippen molar-refractivity contribution in [2.45, 2.75) is 32.5 Å². The van der Waals surface area contributed by atoms with Crippen molar-refractivity contribution < 1.29 is 22.7 Å². The first-order chi connectivity index (χ1) is 7.59. The van der Waals surface area contributed by atoms with Gasteiger partial charge < -0.3 is 4.74 Å². The molecule has 1 rings (SSSR count). The van der Waals surface area contributed by atoms with Crippen LogP contribution >= 0.6 is 11.3 Å². The zero-order chi connectivity index (χ0) is 13.3. The minimum Gasteiger partial charge on any atom is -0.444 e. The van der Waals surface area contributed by atoms with Crippen LogP contribution in [0, 0.1) is 0 Å². The molecule has 7 heteroatoms. The summed E-state index contributed by atoms with van der Waals surface area (Å²) in [5, 5.41) is 3.34. The Kier molecular flexibility index (Phi) is 3.71. The molecule has 1 aromatic rings. The van der Waals surface area contributed by atoms with Crippen LogP contribution in [0.2, 0.25) is 0 Å². The molecule has 0 aliphatic rings. The van der Waals surface area contributed by atoms with E-state index in [9.17, 15) is 18.0 Å². The lowest BCUT2D eigenvalue weighted by atomic mass is 10.2. The number of alkyl halides is 3. The number of carbonyl (C=O) groups is 1. The highest BCUT2D eigenvalue weighted by Crippen LogP contribution is 2.38. The number of hydrogen-bond donors (Lipinski definition) is 1. The Morgan fingerprint density at radius 3 is 2.41 bits per heavy atom. The molecule has 0 spiro atoms. The van der Waals surface area contributed by atoms with Crippen LogP contribution in [0.25, 0.3) is 0 Å². The average molecular weight is 267 g/mol. The predicted molar refractivity (Wildman–Crippen MR) is 59.2 cm³/mol. The average Bonchev–Trinajstić information content (AvgIpc) is 2.46. The summed E-state index contributed by atoms with van der Waals surface area (Å²) in [5.74, 6) is 0. The van der Waals surface area contributed by atoms with E-state index in [-0.39, 0.29) is 5.69 Å². The van der Waals surface area contributed by atoms with E-state index >= 15 is 0 Å². The highest BCUT2D eigenvalue weighted by molar-refractivity contribution is 7.10. The summed E-state index contributed by atoms with van der Waals surface area (Å²) in [6, 6.07) is 1.19. The van der Waals surface area contributed by atoms with Gasteiger partial charge in [0, 0.05) is 0 Å². The summed E-state index contributed by atoms with van der Waals surface area (Å²) in [5.41, 5.74) is -1.03. The molecule has 0 bridgehead atoms. The van der Waals surface area contributed by atoms with Gasteiger partial charge in [-0.05, 0) is 32.2 Å². The second-order valence-corrected chi connectivity index (χ2v) is 5.20. The Morgan fingerprint density at radius 2 is 1.94 bits per heavy atom. The lowest BCUT2D eigenvalue weighted by Gasteiger charge is -2.19. The van der Waals surface area contributed by atoms with Gasteiger partial charge in [0.2, 0.25) is 0 Å². The van der Waals surface area contributed by atoms with Crippen molar-refractivity contribution in [3.05, 3.63) is 16.3 Å². The van der Waals surface area contributed by atoms with Crippen molar-refractivity contribution in [2.75, 3.05) is 5.32 Å². The maximum atomic E-state index is 12.5. The molecule has 0 fully saturated rings. The van der Waals surface area contributed by atoms with Gasteiger partial charge in [0.25, 0.3) is 0 Å². The van der Waals surface area contributed by atoms with Gasteiger partial charge in [0.15, 0.2) is 0 Å². The number of thiophene rings is 1. The fourth-order valence-corrected chi connectivity index (χ4v) is 1.76. The summed E-state index contributed by atoms with van der Waals surface area (Å²) in [6.07, 6.45) is -5.38. The van der Waals surface area contributed by atoms with Crippen LogP contribution in [0.4, 0.5) is 23.7 Å². The van der Waals surface area contributed by atoms with Gasteiger partial charge in [-0.1, -0.05) is 0 Å². The monoisotopic (exact) mass is 267 g/mol. The Labute approximate surface area is 101 Å². The largest absolute Gasteiger partial charge is 0.444 e. The molecule has 0 saturated heterocycles. The molecule has 96 valence electrons. The summed E-state index contributed by atoms with van der Waals surface area (Å²) in [6.45, 7) is 4.89. The van der Waals surface area contributed by atoms with E-state index in [0.29, 0.717) is 11.3 Å². The van der Waals surface area contributed by atoms with Crippen LogP contribution in [0.15, 0.2) is 11.4 Å². The molecule has 1 N–H and O–H groups in total. The van der Waals surface area contributed by atoms with Crippen LogP contribution in [0.1, 0.15) is 25.6 Å². The number of nitrogens with one attached hydrogen (secondary N) is 1. The Morgan fingerprint density at radius 1 is 1.35 bits per heavy atom. The molecule has 0 aromatic carbocycles. The van der Waals surface area contributed by atoms with Crippen LogP contribution < -0.4 is 5.32 Å². The lowest BCUT2D eigenvalue weighted by molar-refractivity contribution is -0.133. The predicted octanol–water partition coefficient (Wildman–Crippen LogP) is 4.11. The summed E-state index contributed by atoms with van der Waals surface area (Å²) in [4.78, 5) is 10.5. The maximum Gasteiger partial charge on any atom is 0.427 e. The first kappa shape index (κ1) is 13.8. The Bertz CT molecular complexity index is 406. The summed E-state index contributed by atoms with van der Waals surface area (Å²) >= 11 is 0.521. The molecule has 0 aliphatic heterocycles. The van der Waals surface area contributed by atoms with Gasteiger partial charge in [0.05, 0.1) is 5.69 Å². The van der Waals surface area contributed by atoms with Crippen molar-refractivity contribution in [1.82, 2.24) is 0 Å². The van der Waals surface area contributed by atoms with Crippen LogP contribution in [0.3, 0.4) is 0 Å². The smallest absolute Gasteiger partial charge is 0.427 e. The Balaban J connectivity index is 2.77. The zero-order valence-electron chi connectivity index (χ0n) is 9.51. The first-order valence-electron chi connectivity index (χ1n) is 4.74. The van der Waals surface area contributed by atoms with Crippen molar-refractivity contribution in [3.8, 4) is 0 Å². The van der Waals surface area contributed by atoms with Crippen LogP contribution in [-0.2, 0) is 10.9 Å². The molecule has 0 atom stereocenters. The minimum atomic E-state index is -4.47. The number of halogens is 3. The third-order valence-corrected chi connectivity index (χ3v) is 2.52. The van der Waals surface area contributed by atoms with Crippen LogP contribution in [-0.4, -0.2) is 11.7 Å². The van der Waals surface area contributed by atoms with E-state index < -0.39 is 22.7 Å². The van der Waals surface area contributed by atoms with E-state index in [1.807, 2.05) is 0 Å². The molecule has 17 heavy (non-hydrogen) atoms. The number of rotatable bonds is 1. The van der Waals surface area contributed by atoms with E-state index in [4.69, 9.17) is 4.74 Å². The Hall–Kier alpha value is -1.24. The lowest BCUT2D eigenvalue weighted by Crippen LogP contribution is -2.27. The van der Waals surface area contributed by atoms with Crippen LogP contribution in [0.5, 0.6) is 0 Å². The van der Waals surface area contributed by atoms with Crippen molar-refractivity contribution in [3.63, 3.8) is 0 Å². The number of hydrogen-bond acceptors (Lipinski definition) is 3. The number of ether oxygens (including phenoxy) is 1.